The van der Waals surface area contributed by atoms with Crippen LogP contribution >= 0.6 is 39.1 Å². The predicted molar refractivity (Wildman–Crippen MR) is 78.9 cm³/mol. The fourth-order valence-electron chi connectivity index (χ4n) is 1.43. The zero-order valence-electron chi connectivity index (χ0n) is 9.75. The van der Waals surface area contributed by atoms with E-state index in [1.54, 1.807) is 6.07 Å². The summed E-state index contributed by atoms with van der Waals surface area (Å²) in [4.78, 5) is 19.7. The van der Waals surface area contributed by atoms with Crippen molar-refractivity contribution < 1.29 is 4.79 Å². The van der Waals surface area contributed by atoms with Crippen LogP contribution in [0.25, 0.3) is 0 Å². The molecule has 0 bridgehead atoms. The normalized spacial score (nSPS) is 10.3. The van der Waals surface area contributed by atoms with Crippen LogP contribution in [0.3, 0.4) is 0 Å². The number of hydrogen-bond acceptors (Lipinski definition) is 3. The van der Waals surface area contributed by atoms with E-state index in [4.69, 9.17) is 23.2 Å². The van der Waals surface area contributed by atoms with Gasteiger partial charge in [-0.2, -0.15) is 0 Å². The summed E-state index contributed by atoms with van der Waals surface area (Å²) in [6.45, 7) is 1.94. The molecule has 0 saturated carbocycles. The number of nitrogens with zero attached hydrogens (tertiary/aromatic N) is 2. The quantitative estimate of drug-likeness (QED) is 0.820. The van der Waals surface area contributed by atoms with E-state index in [0.29, 0.717) is 10.0 Å². The first-order valence-electron chi connectivity index (χ1n) is 5.22. The summed E-state index contributed by atoms with van der Waals surface area (Å²) in [6.07, 6.45) is 1.22. The molecule has 19 heavy (non-hydrogen) atoms. The highest BCUT2D eigenvalue weighted by Gasteiger charge is 2.15. The van der Waals surface area contributed by atoms with E-state index in [1.807, 2.05) is 19.1 Å². The molecule has 0 aliphatic rings. The Balaban J connectivity index is 2.31. The standard InChI is InChI=1S/C12H8BrCl2N3O/c1-6-2-3-7(8(13)4-6)12(19)18-9-10(14)16-5-17-11(9)15/h2-5H,1H3,(H,18,19). The summed E-state index contributed by atoms with van der Waals surface area (Å²) in [7, 11) is 0. The summed E-state index contributed by atoms with van der Waals surface area (Å²) in [5.74, 6) is -0.342. The first-order valence-corrected chi connectivity index (χ1v) is 6.77. The fraction of sp³-hybridized carbons (Fsp3) is 0.0833. The Kier molecular flexibility index (Phi) is 4.39. The average Bonchev–Trinajstić information content (AvgIpc) is 2.33. The largest absolute Gasteiger partial charge is 0.317 e. The molecule has 1 heterocycles. The van der Waals surface area contributed by atoms with E-state index in [1.165, 1.54) is 6.33 Å². The Morgan fingerprint density at radius 1 is 1.26 bits per heavy atom. The molecule has 0 aliphatic heterocycles. The first kappa shape index (κ1) is 14.2. The van der Waals surface area contributed by atoms with Crippen molar-refractivity contribution in [2.45, 2.75) is 6.92 Å². The van der Waals surface area contributed by atoms with Crippen molar-refractivity contribution in [3.63, 3.8) is 0 Å². The maximum absolute atomic E-state index is 12.1. The van der Waals surface area contributed by atoms with Crippen LogP contribution in [0.4, 0.5) is 5.69 Å². The molecular weight excluding hydrogens is 353 g/mol. The molecule has 0 unspecified atom stereocenters. The van der Waals surface area contributed by atoms with Gasteiger partial charge in [-0.25, -0.2) is 9.97 Å². The summed E-state index contributed by atoms with van der Waals surface area (Å²) < 4.78 is 0.689. The molecule has 1 aromatic carbocycles. The lowest BCUT2D eigenvalue weighted by Crippen LogP contribution is -2.14. The third-order valence-corrected chi connectivity index (χ3v) is 3.59. The van der Waals surface area contributed by atoms with E-state index in [-0.39, 0.29) is 21.9 Å². The number of rotatable bonds is 2. The summed E-state index contributed by atoms with van der Waals surface area (Å²) >= 11 is 15.1. The number of amides is 1. The van der Waals surface area contributed by atoms with Gasteiger partial charge in [-0.05, 0) is 40.5 Å². The number of benzene rings is 1. The monoisotopic (exact) mass is 359 g/mol. The molecule has 2 rings (SSSR count). The smallest absolute Gasteiger partial charge is 0.256 e. The molecule has 4 nitrogen and oxygen atoms in total. The van der Waals surface area contributed by atoms with Crippen LogP contribution in [0.15, 0.2) is 29.0 Å². The van der Waals surface area contributed by atoms with Crippen molar-refractivity contribution in [3.05, 3.63) is 50.4 Å². The Labute approximate surface area is 128 Å². The number of nitrogens with one attached hydrogen (secondary N) is 1. The predicted octanol–water partition coefficient (Wildman–Crippen LogP) is 4.11. The summed E-state index contributed by atoms with van der Waals surface area (Å²) in [5, 5.41) is 2.79. The molecule has 0 saturated heterocycles. The van der Waals surface area contributed by atoms with Gasteiger partial charge >= 0.3 is 0 Å². The van der Waals surface area contributed by atoms with Gasteiger partial charge < -0.3 is 5.32 Å². The molecule has 0 radical (unpaired) electrons. The van der Waals surface area contributed by atoms with Crippen LogP contribution in [-0.4, -0.2) is 15.9 Å². The maximum Gasteiger partial charge on any atom is 0.256 e. The molecule has 7 heteroatoms. The second-order valence-electron chi connectivity index (χ2n) is 3.77. The Bertz CT molecular complexity index is 629. The van der Waals surface area contributed by atoms with E-state index >= 15 is 0 Å². The first-order chi connectivity index (χ1) is 8.99. The number of halogens is 3. The number of anilines is 1. The van der Waals surface area contributed by atoms with Gasteiger partial charge in [-0.1, -0.05) is 29.3 Å². The average molecular weight is 361 g/mol. The molecule has 2 aromatic rings. The van der Waals surface area contributed by atoms with Crippen molar-refractivity contribution in [2.75, 3.05) is 5.32 Å². The van der Waals surface area contributed by atoms with Crippen LogP contribution in [0.5, 0.6) is 0 Å². The highest BCUT2D eigenvalue weighted by molar-refractivity contribution is 9.10. The van der Waals surface area contributed by atoms with E-state index in [9.17, 15) is 4.79 Å². The Morgan fingerprint density at radius 3 is 2.47 bits per heavy atom. The van der Waals surface area contributed by atoms with Gasteiger partial charge in [0.1, 0.15) is 12.0 Å². The van der Waals surface area contributed by atoms with Gasteiger partial charge in [-0.15, -0.1) is 0 Å². The highest BCUT2D eigenvalue weighted by Crippen LogP contribution is 2.27. The Hall–Kier alpha value is -1.17. The van der Waals surface area contributed by atoms with Gasteiger partial charge in [-0.3, -0.25) is 4.79 Å². The third kappa shape index (κ3) is 3.23. The van der Waals surface area contributed by atoms with E-state index in [2.05, 4.69) is 31.2 Å². The minimum absolute atomic E-state index is 0.0941. The second kappa shape index (κ2) is 5.86. The number of carbonyl (C=O) groups excluding carboxylic acids is 1. The molecule has 0 aliphatic carbocycles. The van der Waals surface area contributed by atoms with Crippen LogP contribution < -0.4 is 5.32 Å². The number of aromatic nitrogens is 2. The molecule has 1 amide bonds. The SMILES string of the molecule is Cc1ccc(C(=O)Nc2c(Cl)ncnc2Cl)c(Br)c1. The molecular formula is C12H8BrCl2N3O. The molecule has 98 valence electrons. The molecule has 1 aromatic heterocycles. The van der Waals surface area contributed by atoms with Gasteiger partial charge in [0.2, 0.25) is 0 Å². The lowest BCUT2D eigenvalue weighted by molar-refractivity contribution is 0.102. The zero-order valence-corrected chi connectivity index (χ0v) is 12.8. The zero-order chi connectivity index (χ0) is 14.0. The van der Waals surface area contributed by atoms with Gasteiger partial charge in [0.05, 0.1) is 5.56 Å². The van der Waals surface area contributed by atoms with Gasteiger partial charge in [0, 0.05) is 4.47 Å². The van der Waals surface area contributed by atoms with Crippen molar-refractivity contribution >= 4 is 50.7 Å². The second-order valence-corrected chi connectivity index (χ2v) is 5.34. The van der Waals surface area contributed by atoms with Gasteiger partial charge in [0.25, 0.3) is 5.91 Å². The van der Waals surface area contributed by atoms with E-state index in [0.717, 1.165) is 5.56 Å². The maximum atomic E-state index is 12.1. The minimum Gasteiger partial charge on any atom is -0.317 e. The van der Waals surface area contributed by atoms with Crippen LogP contribution in [0.1, 0.15) is 15.9 Å². The Morgan fingerprint density at radius 2 is 1.89 bits per heavy atom. The summed E-state index contributed by atoms with van der Waals surface area (Å²) in [5.41, 5.74) is 1.72. The molecule has 0 atom stereocenters. The van der Waals surface area contributed by atoms with E-state index < -0.39 is 0 Å². The fourth-order valence-corrected chi connectivity index (χ4v) is 2.52. The van der Waals surface area contributed by atoms with Crippen molar-refractivity contribution in [1.82, 2.24) is 9.97 Å². The van der Waals surface area contributed by atoms with Crippen molar-refractivity contribution in [1.29, 1.82) is 0 Å². The summed E-state index contributed by atoms with van der Waals surface area (Å²) in [6, 6.07) is 5.39. The van der Waals surface area contributed by atoms with Crippen LogP contribution in [0.2, 0.25) is 10.3 Å². The lowest BCUT2D eigenvalue weighted by Gasteiger charge is -2.09. The van der Waals surface area contributed by atoms with Crippen molar-refractivity contribution in [2.24, 2.45) is 0 Å². The molecule has 1 N–H and O–H groups in total. The van der Waals surface area contributed by atoms with Crippen molar-refractivity contribution in [3.8, 4) is 0 Å². The highest BCUT2D eigenvalue weighted by atomic mass is 79.9. The van der Waals surface area contributed by atoms with Crippen LogP contribution in [0, 0.1) is 6.92 Å². The number of hydrogen-bond donors (Lipinski definition) is 1. The minimum atomic E-state index is -0.342. The topological polar surface area (TPSA) is 54.9 Å². The lowest BCUT2D eigenvalue weighted by atomic mass is 10.1. The number of carbonyl (C=O) groups is 1. The van der Waals surface area contributed by atoms with Gasteiger partial charge in [0.15, 0.2) is 10.3 Å². The van der Waals surface area contributed by atoms with Crippen LogP contribution in [-0.2, 0) is 0 Å². The number of aryl methyl sites for hydroxylation is 1. The third-order valence-electron chi connectivity index (χ3n) is 2.36. The molecule has 0 fully saturated rings. The molecule has 0 spiro atoms.